The molecule has 1 heterocycles. The lowest BCUT2D eigenvalue weighted by Crippen LogP contribution is -1.85. The van der Waals surface area contributed by atoms with E-state index in [9.17, 15) is 5.26 Å². The van der Waals surface area contributed by atoms with Crippen LogP contribution in [0.1, 0.15) is 10.6 Å². The van der Waals surface area contributed by atoms with E-state index >= 15 is 0 Å². The van der Waals surface area contributed by atoms with E-state index in [1.165, 1.54) is 11.3 Å². The van der Waals surface area contributed by atoms with Crippen LogP contribution in [-0.2, 0) is 0 Å². The van der Waals surface area contributed by atoms with Crippen LogP contribution in [0, 0.1) is 11.3 Å². The van der Waals surface area contributed by atoms with Crippen molar-refractivity contribution in [3.8, 4) is 23.1 Å². The molecule has 130 valence electrons. The molecule has 0 spiro atoms. The van der Waals surface area contributed by atoms with Gasteiger partial charge in [-0.25, -0.2) is 4.98 Å². The van der Waals surface area contributed by atoms with E-state index in [2.05, 4.69) is 29.3 Å². The number of allylic oxidation sites excluding steroid dienone is 1. The number of nitriles is 1. The Morgan fingerprint density at radius 2 is 1.81 bits per heavy atom. The molecular weight excluding hydrogens is 352 g/mol. The molecule has 4 heteroatoms. The normalized spacial score (nSPS) is 11.3. The number of thiazole rings is 1. The van der Waals surface area contributed by atoms with E-state index in [4.69, 9.17) is 4.74 Å². The fourth-order valence-electron chi connectivity index (χ4n) is 2.97. The van der Waals surface area contributed by atoms with Gasteiger partial charge in [-0.2, -0.15) is 5.26 Å². The number of ether oxygens (including phenoxy) is 1. The number of fused-ring (bicyclic) bond motifs is 1. The third-order valence-corrected chi connectivity index (χ3v) is 5.24. The summed E-state index contributed by atoms with van der Waals surface area (Å²) in [5.41, 5.74) is 3.44. The Labute approximate surface area is 161 Å². The minimum Gasteiger partial charge on any atom is -0.497 e. The average molecular weight is 368 g/mol. The predicted octanol–water partition coefficient (Wildman–Crippen LogP) is 6.04. The highest BCUT2D eigenvalue weighted by Gasteiger charge is 2.10. The van der Waals surface area contributed by atoms with Gasteiger partial charge in [0, 0.05) is 10.9 Å². The molecule has 4 rings (SSSR count). The van der Waals surface area contributed by atoms with Crippen LogP contribution < -0.4 is 4.74 Å². The standard InChI is InChI=1S/C23H16N2OS/c1-26-20-11-9-17(10-12-20)22-15-27-23(25-22)19(14-24)13-18-7-4-6-16-5-2-3-8-21(16)18/h2-13,15H,1H3/b19-13+. The lowest BCUT2D eigenvalue weighted by Gasteiger charge is -2.02. The van der Waals surface area contributed by atoms with E-state index in [0.717, 1.165) is 38.4 Å². The highest BCUT2D eigenvalue weighted by molar-refractivity contribution is 7.11. The average Bonchev–Trinajstić information content (AvgIpc) is 3.22. The largest absolute Gasteiger partial charge is 0.497 e. The molecule has 0 fully saturated rings. The zero-order chi connectivity index (χ0) is 18.6. The number of aromatic nitrogens is 1. The molecule has 0 bridgehead atoms. The zero-order valence-corrected chi connectivity index (χ0v) is 15.5. The molecule has 0 atom stereocenters. The summed E-state index contributed by atoms with van der Waals surface area (Å²) >= 11 is 1.48. The smallest absolute Gasteiger partial charge is 0.134 e. The second-order valence-corrected chi connectivity index (χ2v) is 6.86. The monoisotopic (exact) mass is 368 g/mol. The van der Waals surface area contributed by atoms with Gasteiger partial charge in [-0.1, -0.05) is 42.5 Å². The molecule has 0 amide bonds. The van der Waals surface area contributed by atoms with Crippen molar-refractivity contribution < 1.29 is 4.74 Å². The first-order valence-corrected chi connectivity index (χ1v) is 9.36. The summed E-state index contributed by atoms with van der Waals surface area (Å²) in [6, 6.07) is 24.3. The van der Waals surface area contributed by atoms with Crippen LogP contribution in [0.2, 0.25) is 0 Å². The molecule has 0 saturated heterocycles. The third-order valence-electron chi connectivity index (χ3n) is 4.36. The Kier molecular flexibility index (Phi) is 4.69. The minimum atomic E-state index is 0.566. The second kappa shape index (κ2) is 7.45. The maximum atomic E-state index is 9.69. The lowest BCUT2D eigenvalue weighted by atomic mass is 10.0. The Balaban J connectivity index is 1.72. The van der Waals surface area contributed by atoms with Gasteiger partial charge in [0.25, 0.3) is 0 Å². The number of methoxy groups -OCH3 is 1. The van der Waals surface area contributed by atoms with Crippen LogP contribution in [0.4, 0.5) is 0 Å². The molecule has 0 radical (unpaired) electrons. The van der Waals surface area contributed by atoms with Gasteiger partial charge in [-0.05, 0) is 46.7 Å². The molecule has 0 aliphatic rings. The molecule has 27 heavy (non-hydrogen) atoms. The van der Waals surface area contributed by atoms with Crippen molar-refractivity contribution in [1.82, 2.24) is 4.98 Å². The Hall–Kier alpha value is -3.42. The Morgan fingerprint density at radius 3 is 2.59 bits per heavy atom. The lowest BCUT2D eigenvalue weighted by molar-refractivity contribution is 0.415. The van der Waals surface area contributed by atoms with E-state index in [1.807, 2.05) is 60.0 Å². The number of nitrogens with zero attached hydrogens (tertiary/aromatic N) is 2. The quantitative estimate of drug-likeness (QED) is 0.413. The van der Waals surface area contributed by atoms with Crippen molar-refractivity contribution in [3.05, 3.63) is 82.7 Å². The van der Waals surface area contributed by atoms with Crippen LogP contribution >= 0.6 is 11.3 Å². The summed E-state index contributed by atoms with van der Waals surface area (Å²) in [5.74, 6) is 0.808. The highest BCUT2D eigenvalue weighted by Crippen LogP contribution is 2.29. The van der Waals surface area contributed by atoms with E-state index in [-0.39, 0.29) is 0 Å². The van der Waals surface area contributed by atoms with Gasteiger partial charge in [-0.15, -0.1) is 11.3 Å². The number of rotatable bonds is 4. The predicted molar refractivity (Wildman–Crippen MR) is 112 cm³/mol. The van der Waals surface area contributed by atoms with Crippen molar-refractivity contribution in [2.24, 2.45) is 0 Å². The van der Waals surface area contributed by atoms with Gasteiger partial charge < -0.3 is 4.74 Å². The van der Waals surface area contributed by atoms with E-state index < -0.39 is 0 Å². The van der Waals surface area contributed by atoms with Gasteiger partial charge in [0.15, 0.2) is 0 Å². The third kappa shape index (κ3) is 3.46. The fourth-order valence-corrected chi connectivity index (χ4v) is 3.76. The molecule has 0 N–H and O–H groups in total. The molecule has 3 nitrogen and oxygen atoms in total. The summed E-state index contributed by atoms with van der Waals surface area (Å²) in [6.07, 6.45) is 1.92. The maximum Gasteiger partial charge on any atom is 0.134 e. The van der Waals surface area contributed by atoms with E-state index in [1.54, 1.807) is 7.11 Å². The first kappa shape index (κ1) is 17.0. The van der Waals surface area contributed by atoms with Crippen LogP contribution in [0.5, 0.6) is 5.75 Å². The van der Waals surface area contributed by atoms with Crippen LogP contribution in [-0.4, -0.2) is 12.1 Å². The van der Waals surface area contributed by atoms with E-state index in [0.29, 0.717) is 5.57 Å². The second-order valence-electron chi connectivity index (χ2n) is 6.00. The minimum absolute atomic E-state index is 0.566. The molecule has 0 unspecified atom stereocenters. The molecule has 0 aliphatic heterocycles. The first-order valence-electron chi connectivity index (χ1n) is 8.48. The maximum absolute atomic E-state index is 9.69. The Morgan fingerprint density at radius 1 is 1.04 bits per heavy atom. The van der Waals surface area contributed by atoms with Gasteiger partial charge in [0.05, 0.1) is 18.4 Å². The molecule has 1 aromatic heterocycles. The van der Waals surface area contributed by atoms with Gasteiger partial charge >= 0.3 is 0 Å². The number of hydrogen-bond donors (Lipinski definition) is 0. The summed E-state index contributed by atoms with van der Waals surface area (Å²) < 4.78 is 5.20. The summed E-state index contributed by atoms with van der Waals surface area (Å²) in [7, 11) is 1.65. The van der Waals surface area contributed by atoms with Gasteiger partial charge in [0.2, 0.25) is 0 Å². The highest BCUT2D eigenvalue weighted by atomic mass is 32.1. The van der Waals surface area contributed by atoms with Crippen LogP contribution in [0.25, 0.3) is 33.7 Å². The molecule has 3 aromatic carbocycles. The molecule has 0 aliphatic carbocycles. The molecular formula is C23H16N2OS. The van der Waals surface area contributed by atoms with Crippen LogP contribution in [0.3, 0.4) is 0 Å². The number of benzene rings is 3. The number of hydrogen-bond acceptors (Lipinski definition) is 4. The summed E-state index contributed by atoms with van der Waals surface area (Å²) in [6.45, 7) is 0. The summed E-state index contributed by atoms with van der Waals surface area (Å²) in [5, 5.41) is 14.7. The van der Waals surface area contributed by atoms with Gasteiger partial charge in [0.1, 0.15) is 16.8 Å². The van der Waals surface area contributed by atoms with Crippen molar-refractivity contribution in [1.29, 1.82) is 5.26 Å². The van der Waals surface area contributed by atoms with Crippen molar-refractivity contribution in [2.45, 2.75) is 0 Å². The van der Waals surface area contributed by atoms with Crippen molar-refractivity contribution in [3.63, 3.8) is 0 Å². The fraction of sp³-hybridized carbons (Fsp3) is 0.0435. The molecule has 0 saturated carbocycles. The SMILES string of the molecule is COc1ccc(-c2csc(/C(C#N)=C/c3cccc4ccccc34)n2)cc1. The van der Waals surface area contributed by atoms with Crippen LogP contribution in [0.15, 0.2) is 72.1 Å². The molecule has 4 aromatic rings. The topological polar surface area (TPSA) is 45.9 Å². The summed E-state index contributed by atoms with van der Waals surface area (Å²) in [4.78, 5) is 4.67. The first-order chi connectivity index (χ1) is 13.3. The zero-order valence-electron chi connectivity index (χ0n) is 14.7. The Bertz CT molecular complexity index is 1160. The van der Waals surface area contributed by atoms with Crippen molar-refractivity contribution in [2.75, 3.05) is 7.11 Å². The van der Waals surface area contributed by atoms with Gasteiger partial charge in [-0.3, -0.25) is 0 Å². The van der Waals surface area contributed by atoms with Crippen molar-refractivity contribution >= 4 is 33.8 Å².